The van der Waals surface area contributed by atoms with Crippen LogP contribution in [0.4, 0.5) is 4.39 Å². The van der Waals surface area contributed by atoms with Crippen LogP contribution in [0.3, 0.4) is 0 Å². The zero-order valence-electron chi connectivity index (χ0n) is 9.22. The van der Waals surface area contributed by atoms with Gasteiger partial charge in [-0.2, -0.15) is 5.10 Å². The van der Waals surface area contributed by atoms with Crippen LogP contribution in [0, 0.1) is 12.7 Å². The second-order valence-electron chi connectivity index (χ2n) is 3.76. The van der Waals surface area contributed by atoms with Crippen molar-refractivity contribution in [1.29, 1.82) is 0 Å². The summed E-state index contributed by atoms with van der Waals surface area (Å²) in [5.41, 5.74) is 1.58. The first kappa shape index (κ1) is 11.3. The normalized spacial score (nSPS) is 10.5. The number of aromatic carboxylic acids is 1. The summed E-state index contributed by atoms with van der Waals surface area (Å²) in [6, 6.07) is 7.40. The molecule has 0 fully saturated rings. The first-order valence-corrected chi connectivity index (χ1v) is 5.08. The van der Waals surface area contributed by atoms with Crippen LogP contribution in [-0.4, -0.2) is 20.9 Å². The third kappa shape index (κ3) is 2.50. The van der Waals surface area contributed by atoms with Gasteiger partial charge >= 0.3 is 5.97 Å². The van der Waals surface area contributed by atoms with E-state index in [1.807, 2.05) is 0 Å². The highest BCUT2D eigenvalue weighted by atomic mass is 19.1. The van der Waals surface area contributed by atoms with Crippen molar-refractivity contribution in [2.45, 2.75) is 13.5 Å². The Morgan fingerprint density at radius 1 is 1.41 bits per heavy atom. The lowest BCUT2D eigenvalue weighted by Crippen LogP contribution is -2.10. The van der Waals surface area contributed by atoms with Gasteiger partial charge in [0.1, 0.15) is 11.5 Å². The molecule has 1 heterocycles. The van der Waals surface area contributed by atoms with Gasteiger partial charge in [-0.05, 0) is 30.7 Å². The number of carbonyl (C=O) groups is 1. The molecule has 1 N–H and O–H groups in total. The molecule has 2 aromatic rings. The van der Waals surface area contributed by atoms with Crippen LogP contribution in [0.25, 0.3) is 0 Å². The van der Waals surface area contributed by atoms with E-state index >= 15 is 0 Å². The summed E-state index contributed by atoms with van der Waals surface area (Å²) in [6.07, 6.45) is 0. The molecule has 1 aromatic carbocycles. The molecule has 0 spiro atoms. The maximum absolute atomic E-state index is 12.7. The maximum Gasteiger partial charge on any atom is 0.354 e. The molecule has 0 aliphatic rings. The van der Waals surface area contributed by atoms with Gasteiger partial charge in [0.2, 0.25) is 0 Å². The Balaban J connectivity index is 2.29. The van der Waals surface area contributed by atoms with Crippen LogP contribution >= 0.6 is 0 Å². The fourth-order valence-corrected chi connectivity index (χ4v) is 1.60. The molecule has 0 saturated heterocycles. The average Bonchev–Trinajstić information content (AvgIpc) is 2.63. The number of carboxylic acids is 1. The second kappa shape index (κ2) is 4.37. The molecule has 5 heteroatoms. The number of aryl methyl sites for hydroxylation is 1. The fourth-order valence-electron chi connectivity index (χ4n) is 1.60. The van der Waals surface area contributed by atoms with E-state index in [-0.39, 0.29) is 11.5 Å². The quantitative estimate of drug-likeness (QED) is 0.884. The van der Waals surface area contributed by atoms with Crippen molar-refractivity contribution in [3.05, 3.63) is 53.1 Å². The zero-order chi connectivity index (χ0) is 12.4. The lowest BCUT2D eigenvalue weighted by molar-refractivity contribution is 0.0684. The van der Waals surface area contributed by atoms with Crippen LogP contribution in [0.15, 0.2) is 30.3 Å². The molecule has 0 aliphatic heterocycles. The summed E-state index contributed by atoms with van der Waals surface area (Å²) in [7, 11) is 0. The molecule has 0 bridgehead atoms. The number of rotatable bonds is 3. The SMILES string of the molecule is Cc1cc(C(=O)O)n(Cc2ccc(F)cc2)n1. The Morgan fingerprint density at radius 3 is 2.65 bits per heavy atom. The van der Waals surface area contributed by atoms with E-state index in [4.69, 9.17) is 5.11 Å². The van der Waals surface area contributed by atoms with E-state index in [1.54, 1.807) is 19.1 Å². The largest absolute Gasteiger partial charge is 0.477 e. The van der Waals surface area contributed by atoms with Crippen LogP contribution in [0.2, 0.25) is 0 Å². The average molecular weight is 234 g/mol. The second-order valence-corrected chi connectivity index (χ2v) is 3.76. The molecule has 0 unspecified atom stereocenters. The Labute approximate surface area is 97.3 Å². The third-order valence-corrected chi connectivity index (χ3v) is 2.37. The Bertz CT molecular complexity index is 546. The summed E-state index contributed by atoms with van der Waals surface area (Å²) < 4.78 is 14.1. The van der Waals surface area contributed by atoms with E-state index in [0.717, 1.165) is 5.56 Å². The van der Waals surface area contributed by atoms with Gasteiger partial charge < -0.3 is 5.11 Å². The van der Waals surface area contributed by atoms with E-state index in [2.05, 4.69) is 5.10 Å². The summed E-state index contributed by atoms with van der Waals surface area (Å²) in [5.74, 6) is -1.34. The van der Waals surface area contributed by atoms with Crippen molar-refractivity contribution >= 4 is 5.97 Å². The summed E-state index contributed by atoms with van der Waals surface area (Å²) in [5, 5.41) is 13.1. The van der Waals surface area contributed by atoms with E-state index in [0.29, 0.717) is 12.2 Å². The number of hydrogen-bond acceptors (Lipinski definition) is 2. The molecule has 0 saturated carbocycles. The molecule has 0 radical (unpaired) electrons. The van der Waals surface area contributed by atoms with Gasteiger partial charge in [0.15, 0.2) is 0 Å². The number of aromatic nitrogens is 2. The number of benzene rings is 1. The van der Waals surface area contributed by atoms with Crippen molar-refractivity contribution < 1.29 is 14.3 Å². The molecule has 0 aliphatic carbocycles. The van der Waals surface area contributed by atoms with Gasteiger partial charge in [0, 0.05) is 0 Å². The van der Waals surface area contributed by atoms with E-state index < -0.39 is 5.97 Å². The summed E-state index contributed by atoms with van der Waals surface area (Å²) in [6.45, 7) is 2.04. The lowest BCUT2D eigenvalue weighted by Gasteiger charge is -2.04. The number of nitrogens with zero attached hydrogens (tertiary/aromatic N) is 2. The predicted octanol–water partition coefficient (Wildman–Crippen LogP) is 2.08. The predicted molar refractivity (Wildman–Crippen MR) is 59.4 cm³/mol. The van der Waals surface area contributed by atoms with E-state index in [9.17, 15) is 9.18 Å². The van der Waals surface area contributed by atoms with Gasteiger partial charge in [-0.1, -0.05) is 12.1 Å². The molecular formula is C12H11FN2O2. The zero-order valence-corrected chi connectivity index (χ0v) is 9.22. The standard InChI is InChI=1S/C12H11FN2O2/c1-8-6-11(12(16)17)15(14-8)7-9-2-4-10(13)5-3-9/h2-6H,7H2,1H3,(H,16,17). The minimum Gasteiger partial charge on any atom is -0.477 e. The molecule has 4 nitrogen and oxygen atoms in total. The van der Waals surface area contributed by atoms with Gasteiger partial charge in [0.25, 0.3) is 0 Å². The van der Waals surface area contributed by atoms with Crippen LogP contribution < -0.4 is 0 Å². The van der Waals surface area contributed by atoms with Gasteiger partial charge in [-0.15, -0.1) is 0 Å². The van der Waals surface area contributed by atoms with Gasteiger partial charge in [-0.3, -0.25) is 4.68 Å². The smallest absolute Gasteiger partial charge is 0.354 e. The van der Waals surface area contributed by atoms with Crippen molar-refractivity contribution in [3.8, 4) is 0 Å². The monoisotopic (exact) mass is 234 g/mol. The van der Waals surface area contributed by atoms with Gasteiger partial charge in [0.05, 0.1) is 12.2 Å². The lowest BCUT2D eigenvalue weighted by atomic mass is 10.2. The first-order valence-electron chi connectivity index (χ1n) is 5.08. The first-order chi connectivity index (χ1) is 8.06. The molecule has 1 aromatic heterocycles. The number of halogens is 1. The Hall–Kier alpha value is -2.17. The Morgan fingerprint density at radius 2 is 2.06 bits per heavy atom. The van der Waals surface area contributed by atoms with Crippen molar-refractivity contribution in [2.75, 3.05) is 0 Å². The van der Waals surface area contributed by atoms with E-state index in [1.165, 1.54) is 22.9 Å². The summed E-state index contributed by atoms with van der Waals surface area (Å²) >= 11 is 0. The molecule has 17 heavy (non-hydrogen) atoms. The van der Waals surface area contributed by atoms with Crippen LogP contribution in [0.5, 0.6) is 0 Å². The minimum absolute atomic E-state index is 0.131. The van der Waals surface area contributed by atoms with Crippen LogP contribution in [0.1, 0.15) is 21.7 Å². The van der Waals surface area contributed by atoms with Crippen molar-refractivity contribution in [2.24, 2.45) is 0 Å². The van der Waals surface area contributed by atoms with Crippen molar-refractivity contribution in [1.82, 2.24) is 9.78 Å². The minimum atomic E-state index is -1.02. The molecule has 88 valence electrons. The number of hydrogen-bond donors (Lipinski definition) is 1. The highest BCUT2D eigenvalue weighted by molar-refractivity contribution is 5.85. The highest BCUT2D eigenvalue weighted by Crippen LogP contribution is 2.09. The molecule has 0 amide bonds. The van der Waals surface area contributed by atoms with Crippen LogP contribution in [-0.2, 0) is 6.54 Å². The summed E-state index contributed by atoms with van der Waals surface area (Å²) in [4.78, 5) is 11.0. The topological polar surface area (TPSA) is 55.1 Å². The molecule has 2 rings (SSSR count). The van der Waals surface area contributed by atoms with Crippen molar-refractivity contribution in [3.63, 3.8) is 0 Å². The molecular weight excluding hydrogens is 223 g/mol. The fraction of sp³-hybridized carbons (Fsp3) is 0.167. The highest BCUT2D eigenvalue weighted by Gasteiger charge is 2.12. The number of carboxylic acid groups (broad SMARTS) is 1. The Kier molecular flexibility index (Phi) is 2.91. The maximum atomic E-state index is 12.7. The van der Waals surface area contributed by atoms with Gasteiger partial charge in [-0.25, -0.2) is 9.18 Å². The third-order valence-electron chi connectivity index (χ3n) is 2.37. The molecule has 0 atom stereocenters.